The Bertz CT molecular complexity index is 548. The molecule has 6 nitrogen and oxygen atoms in total. The Hall–Kier alpha value is -2.31. The van der Waals surface area contributed by atoms with Crippen LogP contribution in [-0.2, 0) is 13.2 Å². The van der Waals surface area contributed by atoms with Crippen LogP contribution in [-0.4, -0.2) is 11.0 Å². The van der Waals surface area contributed by atoms with Crippen molar-refractivity contribution in [3.05, 3.63) is 53.5 Å². The Balaban J connectivity index is 1.94. The van der Waals surface area contributed by atoms with Gasteiger partial charge in [-0.1, -0.05) is 12.1 Å². The molecule has 1 heterocycles. The number of benzene rings is 1. The van der Waals surface area contributed by atoms with Crippen molar-refractivity contribution in [3.63, 3.8) is 0 Å². The third kappa shape index (κ3) is 3.34. The summed E-state index contributed by atoms with van der Waals surface area (Å²) in [4.78, 5) is 11.2. The first-order chi connectivity index (χ1) is 9.22. The van der Waals surface area contributed by atoms with E-state index in [9.17, 15) is 4.79 Å². The number of rotatable bonds is 5. The maximum atomic E-state index is 11.2. The van der Waals surface area contributed by atoms with E-state index in [2.05, 4.69) is 0 Å². The molecule has 1 aromatic heterocycles. The van der Waals surface area contributed by atoms with Gasteiger partial charge in [-0.2, -0.15) is 0 Å². The lowest BCUT2D eigenvalue weighted by molar-refractivity contribution is 0.0922. The first kappa shape index (κ1) is 13.1. The summed E-state index contributed by atoms with van der Waals surface area (Å²) in [5.74, 6) is 5.81. The fourth-order valence-corrected chi connectivity index (χ4v) is 1.49. The Morgan fingerprint density at radius 3 is 2.63 bits per heavy atom. The van der Waals surface area contributed by atoms with Crippen LogP contribution in [0.5, 0.6) is 5.75 Å². The molecule has 0 atom stereocenters. The van der Waals surface area contributed by atoms with E-state index in [0.717, 1.165) is 5.56 Å². The van der Waals surface area contributed by atoms with Crippen molar-refractivity contribution >= 4 is 5.91 Å². The van der Waals surface area contributed by atoms with Gasteiger partial charge in [-0.3, -0.25) is 10.2 Å². The third-order valence-electron chi connectivity index (χ3n) is 2.50. The van der Waals surface area contributed by atoms with Gasteiger partial charge in [0, 0.05) is 0 Å². The van der Waals surface area contributed by atoms with Crippen molar-refractivity contribution in [2.24, 2.45) is 5.84 Å². The average Bonchev–Trinajstić information content (AvgIpc) is 2.93. The molecule has 1 aromatic carbocycles. The van der Waals surface area contributed by atoms with Gasteiger partial charge in [0.05, 0.1) is 6.61 Å². The van der Waals surface area contributed by atoms with Crippen LogP contribution in [0.15, 0.2) is 40.8 Å². The minimum absolute atomic E-state index is 0.00394. The molecule has 0 unspecified atom stereocenters. The summed E-state index contributed by atoms with van der Waals surface area (Å²) in [5.41, 5.74) is 2.80. The lowest BCUT2D eigenvalue weighted by Crippen LogP contribution is -2.29. The second-order valence-corrected chi connectivity index (χ2v) is 3.83. The normalized spacial score (nSPS) is 10.2. The van der Waals surface area contributed by atoms with Crippen molar-refractivity contribution in [3.8, 4) is 5.75 Å². The van der Waals surface area contributed by atoms with Crippen LogP contribution in [0.2, 0.25) is 0 Å². The van der Waals surface area contributed by atoms with Crippen LogP contribution in [0, 0.1) is 0 Å². The Morgan fingerprint density at radius 1 is 1.26 bits per heavy atom. The molecule has 0 aliphatic carbocycles. The summed E-state index contributed by atoms with van der Waals surface area (Å²) in [7, 11) is 0. The van der Waals surface area contributed by atoms with Crippen LogP contribution in [0.3, 0.4) is 0 Å². The van der Waals surface area contributed by atoms with Crippen LogP contribution in [0.1, 0.15) is 21.9 Å². The minimum atomic E-state index is -0.487. The standard InChI is InChI=1S/C13H14N2O4/c14-15-13(17)12-6-5-11(19-12)8-18-10-3-1-9(7-16)2-4-10/h1-6,16H,7-8,14H2,(H,15,17). The van der Waals surface area contributed by atoms with Crippen molar-refractivity contribution < 1.29 is 19.1 Å². The van der Waals surface area contributed by atoms with E-state index >= 15 is 0 Å². The molecule has 0 radical (unpaired) electrons. The van der Waals surface area contributed by atoms with Gasteiger partial charge in [0.15, 0.2) is 5.76 Å². The van der Waals surface area contributed by atoms with Crippen LogP contribution < -0.4 is 16.0 Å². The molecule has 1 amide bonds. The molecule has 0 saturated carbocycles. The number of amides is 1. The topological polar surface area (TPSA) is 97.7 Å². The number of carbonyl (C=O) groups is 1. The number of furan rings is 1. The number of hydrogen-bond acceptors (Lipinski definition) is 5. The smallest absolute Gasteiger partial charge is 0.300 e. The van der Waals surface area contributed by atoms with Crippen molar-refractivity contribution in [2.45, 2.75) is 13.2 Å². The van der Waals surface area contributed by atoms with Gasteiger partial charge >= 0.3 is 5.91 Å². The van der Waals surface area contributed by atoms with Gasteiger partial charge in [0.1, 0.15) is 18.1 Å². The minimum Gasteiger partial charge on any atom is -0.486 e. The summed E-state index contributed by atoms with van der Waals surface area (Å²) in [6.07, 6.45) is 0. The molecule has 6 heteroatoms. The number of aliphatic hydroxyl groups excluding tert-OH is 1. The molecule has 0 bridgehead atoms. The van der Waals surface area contributed by atoms with Gasteiger partial charge in [0.25, 0.3) is 0 Å². The van der Waals surface area contributed by atoms with Gasteiger partial charge in [-0.05, 0) is 29.8 Å². The second kappa shape index (κ2) is 6.03. The number of nitrogen functional groups attached to an aromatic ring is 1. The Kier molecular flexibility index (Phi) is 4.17. The molecule has 4 N–H and O–H groups in total. The summed E-state index contributed by atoms with van der Waals surface area (Å²) < 4.78 is 10.7. The van der Waals surface area contributed by atoms with E-state index in [-0.39, 0.29) is 19.0 Å². The van der Waals surface area contributed by atoms with E-state index < -0.39 is 5.91 Å². The maximum absolute atomic E-state index is 11.2. The fourth-order valence-electron chi connectivity index (χ4n) is 1.49. The number of hydrazine groups is 1. The Morgan fingerprint density at radius 2 is 2.00 bits per heavy atom. The number of ether oxygens (including phenoxy) is 1. The number of nitrogens with one attached hydrogen (secondary N) is 1. The van der Waals surface area contributed by atoms with Crippen molar-refractivity contribution in [1.29, 1.82) is 0 Å². The zero-order valence-electron chi connectivity index (χ0n) is 10.1. The van der Waals surface area contributed by atoms with E-state index in [1.807, 2.05) is 5.43 Å². The largest absolute Gasteiger partial charge is 0.486 e. The molecule has 0 aliphatic heterocycles. The molecule has 2 rings (SSSR count). The van der Waals surface area contributed by atoms with E-state index in [0.29, 0.717) is 11.5 Å². The summed E-state index contributed by atoms with van der Waals surface area (Å²) in [5, 5.41) is 8.91. The number of aliphatic hydroxyl groups is 1. The van der Waals surface area contributed by atoms with Crippen molar-refractivity contribution in [1.82, 2.24) is 5.43 Å². The Labute approximate surface area is 109 Å². The van der Waals surface area contributed by atoms with E-state index in [4.69, 9.17) is 20.1 Å². The summed E-state index contributed by atoms with van der Waals surface area (Å²) in [6.45, 7) is 0.201. The van der Waals surface area contributed by atoms with Gasteiger partial charge in [-0.15, -0.1) is 0 Å². The SMILES string of the molecule is NNC(=O)c1ccc(COc2ccc(CO)cc2)o1. The highest BCUT2D eigenvalue weighted by atomic mass is 16.5. The lowest BCUT2D eigenvalue weighted by atomic mass is 10.2. The van der Waals surface area contributed by atoms with Crippen molar-refractivity contribution in [2.75, 3.05) is 0 Å². The molecular weight excluding hydrogens is 248 g/mol. The molecule has 0 fully saturated rings. The fraction of sp³-hybridized carbons (Fsp3) is 0.154. The number of hydrogen-bond donors (Lipinski definition) is 3. The first-order valence-corrected chi connectivity index (χ1v) is 5.65. The van der Waals surface area contributed by atoms with Gasteiger partial charge in [-0.25, -0.2) is 5.84 Å². The van der Waals surface area contributed by atoms with E-state index in [1.165, 1.54) is 6.07 Å². The molecule has 19 heavy (non-hydrogen) atoms. The molecule has 100 valence electrons. The zero-order valence-corrected chi connectivity index (χ0v) is 10.1. The first-order valence-electron chi connectivity index (χ1n) is 5.65. The molecular formula is C13H14N2O4. The highest BCUT2D eigenvalue weighted by Crippen LogP contribution is 2.15. The predicted octanol–water partition coefficient (Wildman–Crippen LogP) is 0.954. The summed E-state index contributed by atoms with van der Waals surface area (Å²) in [6, 6.07) is 10.2. The van der Waals surface area contributed by atoms with Gasteiger partial charge in [0.2, 0.25) is 0 Å². The summed E-state index contributed by atoms with van der Waals surface area (Å²) >= 11 is 0. The van der Waals surface area contributed by atoms with Crippen LogP contribution >= 0.6 is 0 Å². The molecule has 0 aliphatic rings. The molecule has 0 spiro atoms. The zero-order chi connectivity index (χ0) is 13.7. The highest BCUT2D eigenvalue weighted by molar-refractivity contribution is 5.90. The monoisotopic (exact) mass is 262 g/mol. The van der Waals surface area contributed by atoms with Gasteiger partial charge < -0.3 is 14.3 Å². The van der Waals surface area contributed by atoms with Crippen LogP contribution in [0.4, 0.5) is 0 Å². The molecule has 2 aromatic rings. The highest BCUT2D eigenvalue weighted by Gasteiger charge is 2.09. The lowest BCUT2D eigenvalue weighted by Gasteiger charge is -2.04. The van der Waals surface area contributed by atoms with Crippen LogP contribution in [0.25, 0.3) is 0 Å². The number of carbonyl (C=O) groups excluding carboxylic acids is 1. The third-order valence-corrected chi connectivity index (χ3v) is 2.50. The second-order valence-electron chi connectivity index (χ2n) is 3.83. The quantitative estimate of drug-likeness (QED) is 0.423. The molecule has 0 saturated heterocycles. The average molecular weight is 262 g/mol. The maximum Gasteiger partial charge on any atom is 0.300 e. The number of nitrogens with two attached hydrogens (primary N) is 1. The predicted molar refractivity (Wildman–Crippen MR) is 67.1 cm³/mol. The van der Waals surface area contributed by atoms with E-state index in [1.54, 1.807) is 30.3 Å².